The molecule has 0 aromatic rings. The summed E-state index contributed by atoms with van der Waals surface area (Å²) in [5, 5.41) is 1.23. The largest absolute Gasteiger partial charge is 0.0928 e. The fourth-order valence-electron chi connectivity index (χ4n) is 5.08. The number of hydrogen-bond acceptors (Lipinski definition) is 0. The van der Waals surface area contributed by atoms with Gasteiger partial charge in [0, 0.05) is 5.33 Å². The first kappa shape index (κ1) is 9.69. The van der Waals surface area contributed by atoms with Crippen molar-refractivity contribution in [1.82, 2.24) is 0 Å². The third-order valence-electron chi connectivity index (χ3n) is 5.59. The van der Waals surface area contributed by atoms with E-state index in [9.17, 15) is 0 Å². The van der Waals surface area contributed by atoms with Gasteiger partial charge in [0.05, 0.1) is 0 Å². The lowest BCUT2D eigenvalue weighted by Gasteiger charge is -2.61. The van der Waals surface area contributed by atoms with Crippen LogP contribution in [-0.4, -0.2) is 5.33 Å². The molecule has 4 fully saturated rings. The molecule has 0 N–H and O–H groups in total. The number of halogens is 1. The zero-order valence-corrected chi connectivity index (χ0v) is 10.7. The van der Waals surface area contributed by atoms with Crippen LogP contribution in [0.2, 0.25) is 0 Å². The van der Waals surface area contributed by atoms with Crippen molar-refractivity contribution >= 4 is 15.9 Å². The van der Waals surface area contributed by atoms with Gasteiger partial charge in [-0.25, -0.2) is 0 Å². The van der Waals surface area contributed by atoms with Gasteiger partial charge >= 0.3 is 0 Å². The fourth-order valence-corrected chi connectivity index (χ4v) is 5.87. The van der Waals surface area contributed by atoms with Gasteiger partial charge in [0.15, 0.2) is 0 Å². The summed E-state index contributed by atoms with van der Waals surface area (Å²) in [5.74, 6) is 4.35. The van der Waals surface area contributed by atoms with E-state index < -0.39 is 0 Å². The molecule has 0 aliphatic heterocycles. The van der Waals surface area contributed by atoms with Crippen LogP contribution in [0.5, 0.6) is 0 Å². The quantitative estimate of drug-likeness (QED) is 0.649. The molecule has 4 bridgehead atoms. The highest BCUT2D eigenvalue weighted by Gasteiger charge is 2.54. The highest BCUT2D eigenvalue weighted by atomic mass is 79.9. The van der Waals surface area contributed by atoms with Gasteiger partial charge in [0.1, 0.15) is 0 Å². The highest BCUT2D eigenvalue weighted by Crippen LogP contribution is 2.64. The summed E-state index contributed by atoms with van der Waals surface area (Å²) in [4.78, 5) is 0. The molecule has 0 nitrogen and oxygen atoms in total. The summed E-state index contributed by atoms with van der Waals surface area (Å²) < 4.78 is 0. The lowest BCUT2D eigenvalue weighted by atomic mass is 9.45. The molecule has 0 aromatic heterocycles. The van der Waals surface area contributed by atoms with E-state index in [4.69, 9.17) is 0 Å². The highest BCUT2D eigenvalue weighted by molar-refractivity contribution is 9.09. The predicted molar refractivity (Wildman–Crippen MR) is 63.6 cm³/mol. The smallest absolute Gasteiger partial charge is 0.00366 e. The summed E-state index contributed by atoms with van der Waals surface area (Å²) in [6.07, 6.45) is 9.29. The molecule has 3 unspecified atom stereocenters. The minimum Gasteiger partial charge on any atom is -0.0928 e. The predicted octanol–water partition coefficient (Wildman–Crippen LogP) is 4.23. The Morgan fingerprint density at radius 3 is 2.36 bits per heavy atom. The molecule has 14 heavy (non-hydrogen) atoms. The molecule has 0 aromatic carbocycles. The maximum atomic E-state index is 3.67. The Morgan fingerprint density at radius 1 is 1.14 bits per heavy atom. The van der Waals surface area contributed by atoms with E-state index in [1.807, 2.05) is 0 Å². The van der Waals surface area contributed by atoms with E-state index in [0.29, 0.717) is 0 Å². The van der Waals surface area contributed by atoms with E-state index in [2.05, 4.69) is 22.9 Å². The summed E-state index contributed by atoms with van der Waals surface area (Å²) in [7, 11) is 0. The van der Waals surface area contributed by atoms with Crippen LogP contribution in [-0.2, 0) is 0 Å². The van der Waals surface area contributed by atoms with Crippen molar-refractivity contribution in [2.24, 2.45) is 29.1 Å². The van der Waals surface area contributed by atoms with Crippen molar-refractivity contribution in [2.45, 2.75) is 45.4 Å². The zero-order valence-electron chi connectivity index (χ0n) is 9.14. The van der Waals surface area contributed by atoms with E-state index in [0.717, 1.165) is 29.1 Å². The third kappa shape index (κ3) is 1.24. The van der Waals surface area contributed by atoms with Crippen molar-refractivity contribution in [3.63, 3.8) is 0 Å². The summed E-state index contributed by atoms with van der Waals surface area (Å²) >= 11 is 3.67. The topological polar surface area (TPSA) is 0 Å². The fraction of sp³-hybridized carbons (Fsp3) is 1.00. The minimum atomic E-state index is 0.762. The van der Waals surface area contributed by atoms with Gasteiger partial charge in [-0.2, -0.15) is 0 Å². The maximum Gasteiger partial charge on any atom is 0.00366 e. The second-order valence-corrected chi connectivity index (χ2v) is 6.99. The Balaban J connectivity index is 1.89. The molecule has 80 valence electrons. The van der Waals surface area contributed by atoms with Crippen LogP contribution < -0.4 is 0 Å². The first-order chi connectivity index (χ1) is 6.73. The van der Waals surface area contributed by atoms with Crippen LogP contribution in [0, 0.1) is 29.1 Å². The van der Waals surface area contributed by atoms with Crippen LogP contribution in [0.3, 0.4) is 0 Å². The molecule has 0 amide bonds. The molecule has 0 saturated heterocycles. The van der Waals surface area contributed by atoms with Crippen LogP contribution in [0.25, 0.3) is 0 Å². The van der Waals surface area contributed by atoms with E-state index in [-0.39, 0.29) is 0 Å². The Hall–Kier alpha value is 0.480. The van der Waals surface area contributed by atoms with Gasteiger partial charge in [0.25, 0.3) is 0 Å². The van der Waals surface area contributed by atoms with Crippen molar-refractivity contribution < 1.29 is 0 Å². The van der Waals surface area contributed by atoms with Crippen LogP contribution >= 0.6 is 15.9 Å². The summed E-state index contributed by atoms with van der Waals surface area (Å²) in [6.45, 7) is 2.55. The molecule has 0 radical (unpaired) electrons. The van der Waals surface area contributed by atoms with Crippen molar-refractivity contribution in [3.05, 3.63) is 0 Å². The van der Waals surface area contributed by atoms with Crippen molar-refractivity contribution in [1.29, 1.82) is 0 Å². The molecule has 1 heteroatoms. The first-order valence-electron chi connectivity index (χ1n) is 6.29. The number of hydrogen-bond donors (Lipinski definition) is 0. The molecule has 0 heterocycles. The average molecular weight is 257 g/mol. The second-order valence-electron chi connectivity index (χ2n) is 6.20. The molecular formula is C13H21Br. The molecule has 4 saturated carbocycles. The molecule has 4 rings (SSSR count). The summed E-state index contributed by atoms with van der Waals surface area (Å²) in [6, 6.07) is 0. The third-order valence-corrected chi connectivity index (χ3v) is 5.99. The summed E-state index contributed by atoms with van der Waals surface area (Å²) in [5.41, 5.74) is 0.762. The van der Waals surface area contributed by atoms with E-state index in [1.165, 1.54) is 11.8 Å². The lowest BCUT2D eigenvalue weighted by Crippen LogP contribution is -2.51. The normalized spacial score (nSPS) is 55.3. The van der Waals surface area contributed by atoms with E-state index >= 15 is 0 Å². The van der Waals surface area contributed by atoms with Gasteiger partial charge in [-0.05, 0) is 67.6 Å². The Kier molecular flexibility index (Phi) is 2.24. The molecule has 3 atom stereocenters. The molecular weight excluding hydrogens is 236 g/mol. The van der Waals surface area contributed by atoms with Crippen LogP contribution in [0.4, 0.5) is 0 Å². The Bertz CT molecular complexity index is 221. The molecule has 0 spiro atoms. The SMILES string of the molecule is CC1C2CC3CC(C2)CC1(CCBr)C3. The van der Waals surface area contributed by atoms with Gasteiger partial charge in [0.2, 0.25) is 0 Å². The van der Waals surface area contributed by atoms with Gasteiger partial charge in [-0.1, -0.05) is 22.9 Å². The second kappa shape index (κ2) is 3.23. The molecule has 4 aliphatic rings. The number of alkyl halides is 1. The van der Waals surface area contributed by atoms with Gasteiger partial charge in [-0.15, -0.1) is 0 Å². The van der Waals surface area contributed by atoms with Crippen molar-refractivity contribution in [3.8, 4) is 0 Å². The molecule has 4 aliphatic carbocycles. The van der Waals surface area contributed by atoms with E-state index in [1.54, 1.807) is 32.1 Å². The monoisotopic (exact) mass is 256 g/mol. The Labute approximate surface area is 96.0 Å². The Morgan fingerprint density at radius 2 is 1.79 bits per heavy atom. The standard InChI is InChI=1S/C13H21Br/c1-9-12-5-10-4-11(6-12)8-13(9,7-10)2-3-14/h9-12H,2-8H2,1H3. The van der Waals surface area contributed by atoms with Crippen molar-refractivity contribution in [2.75, 3.05) is 5.33 Å². The maximum absolute atomic E-state index is 3.67. The van der Waals surface area contributed by atoms with Crippen LogP contribution in [0.1, 0.15) is 45.4 Å². The minimum absolute atomic E-state index is 0.762. The van der Waals surface area contributed by atoms with Gasteiger partial charge in [-0.3, -0.25) is 0 Å². The number of rotatable bonds is 2. The first-order valence-corrected chi connectivity index (χ1v) is 7.41. The van der Waals surface area contributed by atoms with Crippen LogP contribution in [0.15, 0.2) is 0 Å². The zero-order chi connectivity index (χ0) is 9.76. The lowest BCUT2D eigenvalue weighted by molar-refractivity contribution is -0.103. The van der Waals surface area contributed by atoms with Gasteiger partial charge < -0.3 is 0 Å². The average Bonchev–Trinajstić information content (AvgIpc) is 2.13.